The number of nitrogens with zero attached hydrogens (tertiary/aromatic N) is 1. The summed E-state index contributed by atoms with van der Waals surface area (Å²) < 4.78 is 13.5. The van der Waals surface area contributed by atoms with Crippen LogP contribution in [0.3, 0.4) is 0 Å². The Morgan fingerprint density at radius 1 is 1.41 bits per heavy atom. The summed E-state index contributed by atoms with van der Waals surface area (Å²) in [6.45, 7) is 3.99. The lowest BCUT2D eigenvalue weighted by Crippen LogP contribution is -2.42. The van der Waals surface area contributed by atoms with E-state index in [2.05, 4.69) is 4.90 Å². The van der Waals surface area contributed by atoms with Gasteiger partial charge in [0, 0.05) is 30.2 Å². The highest BCUT2D eigenvalue weighted by Crippen LogP contribution is 2.23. The van der Waals surface area contributed by atoms with E-state index in [-0.39, 0.29) is 5.82 Å². The van der Waals surface area contributed by atoms with Crippen LogP contribution in [0.2, 0.25) is 5.02 Å². The van der Waals surface area contributed by atoms with Crippen LogP contribution in [0.5, 0.6) is 0 Å². The van der Waals surface area contributed by atoms with Gasteiger partial charge in [-0.3, -0.25) is 4.90 Å². The summed E-state index contributed by atoms with van der Waals surface area (Å²) >= 11 is 5.85. The SMILES string of the molecule is CC1(O)CCN(Cc2cc(Cl)ccc2F)CC1. The largest absolute Gasteiger partial charge is 0.390 e. The average molecular weight is 258 g/mol. The molecule has 0 aromatic heterocycles. The second-order valence-corrected chi connectivity index (χ2v) is 5.45. The quantitative estimate of drug-likeness (QED) is 0.881. The standard InChI is InChI=1S/C13H17ClFNO/c1-13(17)4-6-16(7-5-13)9-10-8-11(14)2-3-12(10)15/h2-3,8,17H,4-7,9H2,1H3. The van der Waals surface area contributed by atoms with Crippen LogP contribution in [0, 0.1) is 5.82 Å². The maximum atomic E-state index is 13.5. The molecule has 0 radical (unpaired) electrons. The van der Waals surface area contributed by atoms with Gasteiger partial charge >= 0.3 is 0 Å². The molecule has 1 N–H and O–H groups in total. The third-order valence-electron chi connectivity index (χ3n) is 3.33. The normalized spacial score (nSPS) is 20.5. The van der Waals surface area contributed by atoms with E-state index in [1.165, 1.54) is 6.07 Å². The van der Waals surface area contributed by atoms with Crippen LogP contribution in [0.1, 0.15) is 25.3 Å². The molecule has 0 atom stereocenters. The lowest BCUT2D eigenvalue weighted by Gasteiger charge is -2.35. The molecule has 4 heteroatoms. The van der Waals surface area contributed by atoms with Gasteiger partial charge in [0.1, 0.15) is 5.82 Å². The summed E-state index contributed by atoms with van der Waals surface area (Å²) in [7, 11) is 0. The molecule has 2 nitrogen and oxygen atoms in total. The molecule has 0 aliphatic carbocycles. The second kappa shape index (κ2) is 4.92. The van der Waals surface area contributed by atoms with Crippen molar-refractivity contribution in [2.75, 3.05) is 13.1 Å². The van der Waals surface area contributed by atoms with Crippen molar-refractivity contribution in [2.24, 2.45) is 0 Å². The molecule has 2 rings (SSSR count). The summed E-state index contributed by atoms with van der Waals surface area (Å²) in [5.41, 5.74) is 0.0580. The fraction of sp³-hybridized carbons (Fsp3) is 0.538. The highest BCUT2D eigenvalue weighted by Gasteiger charge is 2.27. The molecule has 0 saturated carbocycles. The number of halogens is 2. The zero-order valence-electron chi connectivity index (χ0n) is 9.92. The van der Waals surface area contributed by atoms with Crippen LogP contribution < -0.4 is 0 Å². The van der Waals surface area contributed by atoms with Crippen LogP contribution in [0.25, 0.3) is 0 Å². The van der Waals surface area contributed by atoms with E-state index in [9.17, 15) is 9.50 Å². The molecule has 94 valence electrons. The van der Waals surface area contributed by atoms with E-state index < -0.39 is 5.60 Å². The minimum atomic E-state index is -0.566. The van der Waals surface area contributed by atoms with E-state index in [1.54, 1.807) is 12.1 Å². The number of aliphatic hydroxyl groups is 1. The van der Waals surface area contributed by atoms with E-state index in [1.807, 2.05) is 6.92 Å². The minimum absolute atomic E-state index is 0.216. The van der Waals surface area contributed by atoms with Gasteiger partial charge in [-0.15, -0.1) is 0 Å². The zero-order valence-corrected chi connectivity index (χ0v) is 10.7. The van der Waals surface area contributed by atoms with Crippen molar-refractivity contribution in [3.63, 3.8) is 0 Å². The molecular weight excluding hydrogens is 241 g/mol. The highest BCUT2D eigenvalue weighted by atomic mass is 35.5. The molecule has 17 heavy (non-hydrogen) atoms. The van der Waals surface area contributed by atoms with Crippen LogP contribution in [0.4, 0.5) is 4.39 Å². The van der Waals surface area contributed by atoms with Gasteiger partial charge in [-0.05, 0) is 38.0 Å². The van der Waals surface area contributed by atoms with E-state index in [4.69, 9.17) is 11.6 Å². The molecule has 0 bridgehead atoms. The van der Waals surface area contributed by atoms with E-state index in [0.717, 1.165) is 25.9 Å². The first-order valence-electron chi connectivity index (χ1n) is 5.85. The van der Waals surface area contributed by atoms with Gasteiger partial charge in [0.15, 0.2) is 0 Å². The van der Waals surface area contributed by atoms with Crippen molar-refractivity contribution >= 4 is 11.6 Å². The Kier molecular flexibility index (Phi) is 3.71. The number of likely N-dealkylation sites (tertiary alicyclic amines) is 1. The van der Waals surface area contributed by atoms with Crippen molar-refractivity contribution in [3.05, 3.63) is 34.6 Å². The summed E-state index contributed by atoms with van der Waals surface area (Å²) in [5.74, 6) is -0.216. The summed E-state index contributed by atoms with van der Waals surface area (Å²) in [6.07, 6.45) is 1.46. The lowest BCUT2D eigenvalue weighted by atomic mass is 9.93. The lowest BCUT2D eigenvalue weighted by molar-refractivity contribution is -0.00749. The predicted molar refractivity (Wildman–Crippen MR) is 66.5 cm³/mol. The van der Waals surface area contributed by atoms with Crippen molar-refractivity contribution in [1.82, 2.24) is 4.90 Å². The van der Waals surface area contributed by atoms with Gasteiger partial charge in [-0.2, -0.15) is 0 Å². The van der Waals surface area contributed by atoms with Crippen LogP contribution in [-0.2, 0) is 6.54 Å². The molecule has 1 fully saturated rings. The molecule has 1 heterocycles. The Morgan fingerprint density at radius 2 is 2.06 bits per heavy atom. The Balaban J connectivity index is 2.00. The van der Waals surface area contributed by atoms with Crippen molar-refractivity contribution in [2.45, 2.75) is 31.9 Å². The smallest absolute Gasteiger partial charge is 0.127 e. The third kappa shape index (κ3) is 3.41. The van der Waals surface area contributed by atoms with Crippen LogP contribution in [-0.4, -0.2) is 28.7 Å². The van der Waals surface area contributed by atoms with Gasteiger partial charge in [-0.25, -0.2) is 4.39 Å². The fourth-order valence-electron chi connectivity index (χ4n) is 2.10. The number of rotatable bonds is 2. The van der Waals surface area contributed by atoms with E-state index >= 15 is 0 Å². The van der Waals surface area contributed by atoms with Gasteiger partial charge in [0.05, 0.1) is 5.60 Å². The highest BCUT2D eigenvalue weighted by molar-refractivity contribution is 6.30. The second-order valence-electron chi connectivity index (χ2n) is 5.01. The maximum Gasteiger partial charge on any atom is 0.127 e. The van der Waals surface area contributed by atoms with Crippen LogP contribution >= 0.6 is 11.6 Å². The monoisotopic (exact) mass is 257 g/mol. The maximum absolute atomic E-state index is 13.5. The molecule has 1 aromatic carbocycles. The Bertz CT molecular complexity index is 398. The molecule has 1 aliphatic heterocycles. The Labute approximate surface area is 106 Å². The van der Waals surface area contributed by atoms with Gasteiger partial charge in [0.25, 0.3) is 0 Å². The summed E-state index contributed by atoms with van der Waals surface area (Å²) in [6, 6.07) is 4.63. The molecule has 1 aromatic rings. The van der Waals surface area contributed by atoms with E-state index in [0.29, 0.717) is 17.1 Å². The molecule has 1 aliphatic rings. The minimum Gasteiger partial charge on any atom is -0.390 e. The zero-order chi connectivity index (χ0) is 12.5. The first-order chi connectivity index (χ1) is 7.96. The van der Waals surface area contributed by atoms with Gasteiger partial charge in [-0.1, -0.05) is 11.6 Å². The molecule has 0 amide bonds. The van der Waals surface area contributed by atoms with Crippen molar-refractivity contribution < 1.29 is 9.50 Å². The number of hydrogen-bond donors (Lipinski definition) is 1. The number of benzene rings is 1. The van der Waals surface area contributed by atoms with Crippen molar-refractivity contribution in [1.29, 1.82) is 0 Å². The summed E-state index contributed by atoms with van der Waals surface area (Å²) in [4.78, 5) is 2.15. The van der Waals surface area contributed by atoms with Crippen molar-refractivity contribution in [3.8, 4) is 0 Å². The van der Waals surface area contributed by atoms with Gasteiger partial charge < -0.3 is 5.11 Å². The third-order valence-corrected chi connectivity index (χ3v) is 3.57. The molecule has 0 spiro atoms. The Morgan fingerprint density at radius 3 is 2.71 bits per heavy atom. The fourth-order valence-corrected chi connectivity index (χ4v) is 2.29. The van der Waals surface area contributed by atoms with Crippen LogP contribution in [0.15, 0.2) is 18.2 Å². The summed E-state index contributed by atoms with van der Waals surface area (Å²) in [5, 5.41) is 10.4. The molecule has 1 saturated heterocycles. The predicted octanol–water partition coefficient (Wildman–Crippen LogP) is 2.83. The first-order valence-corrected chi connectivity index (χ1v) is 6.23. The average Bonchev–Trinajstić information content (AvgIpc) is 2.26. The molecular formula is C13H17ClFNO. The Hall–Kier alpha value is -0.640. The number of hydrogen-bond acceptors (Lipinski definition) is 2. The van der Waals surface area contributed by atoms with Gasteiger partial charge in [0.2, 0.25) is 0 Å². The molecule has 0 unspecified atom stereocenters. The first kappa shape index (κ1) is 12.8. The number of piperidine rings is 1. The topological polar surface area (TPSA) is 23.5 Å².